The van der Waals surface area contributed by atoms with Gasteiger partial charge in [-0.3, -0.25) is 4.79 Å². The van der Waals surface area contributed by atoms with Crippen LogP contribution in [0.1, 0.15) is 5.56 Å². The fourth-order valence-corrected chi connectivity index (χ4v) is 5.39. The Kier molecular flexibility index (Phi) is 7.44. The molecule has 0 saturated heterocycles. The van der Waals surface area contributed by atoms with E-state index < -0.39 is 22.1 Å². The Bertz CT molecular complexity index is 1730. The molecule has 0 fully saturated rings. The third-order valence-electron chi connectivity index (χ3n) is 6.28. The fourth-order valence-electron chi connectivity index (χ4n) is 4.32. The molecule has 1 aliphatic rings. The van der Waals surface area contributed by atoms with E-state index in [0.29, 0.717) is 39.0 Å². The van der Waals surface area contributed by atoms with Gasteiger partial charge in [-0.1, -0.05) is 0 Å². The van der Waals surface area contributed by atoms with Crippen LogP contribution in [-0.4, -0.2) is 74.2 Å². The highest BCUT2D eigenvalue weighted by atomic mass is 32.2. The van der Waals surface area contributed by atoms with Crippen LogP contribution in [0.4, 0.5) is 18.9 Å². The van der Waals surface area contributed by atoms with Gasteiger partial charge in [0.1, 0.15) is 18.1 Å². The largest absolute Gasteiger partial charge is 0.497 e. The second kappa shape index (κ2) is 10.9. The van der Waals surface area contributed by atoms with Crippen molar-refractivity contribution in [3.8, 4) is 28.8 Å². The summed E-state index contributed by atoms with van der Waals surface area (Å²) in [6, 6.07) is 12.0. The van der Waals surface area contributed by atoms with E-state index in [-0.39, 0.29) is 42.6 Å². The number of carbonyl (C=O) groups excluding carboxylic acids is 1. The topological polar surface area (TPSA) is 137 Å². The summed E-state index contributed by atoms with van der Waals surface area (Å²) in [6.07, 6.45) is -4.92. The molecule has 216 valence electrons. The van der Waals surface area contributed by atoms with Crippen LogP contribution in [0.25, 0.3) is 17.0 Å². The minimum absolute atomic E-state index is 0.0386. The normalized spacial score (nSPS) is 13.3. The number of benzene rings is 2. The highest BCUT2D eigenvalue weighted by molar-refractivity contribution is 7.89. The van der Waals surface area contributed by atoms with E-state index in [0.717, 1.165) is 6.07 Å². The fraction of sp³-hybridized carbons (Fsp3) is 0.280. The van der Waals surface area contributed by atoms with Gasteiger partial charge in [-0.25, -0.2) is 13.1 Å². The summed E-state index contributed by atoms with van der Waals surface area (Å²) < 4.78 is 84.2. The molecule has 0 saturated carbocycles. The van der Waals surface area contributed by atoms with Gasteiger partial charge in [0.05, 0.1) is 24.7 Å². The molecule has 12 nitrogen and oxygen atoms in total. The number of hydrogen-bond acceptors (Lipinski definition) is 9. The van der Waals surface area contributed by atoms with Gasteiger partial charge in [0.2, 0.25) is 15.9 Å². The van der Waals surface area contributed by atoms with Crippen LogP contribution < -0.4 is 23.8 Å². The Balaban J connectivity index is 1.24. The number of fused-ring (bicyclic) bond motifs is 2. The number of hydrogen-bond donors (Lipinski definition) is 1. The molecule has 1 amide bonds. The van der Waals surface area contributed by atoms with E-state index in [9.17, 15) is 26.4 Å². The Morgan fingerprint density at radius 1 is 1.05 bits per heavy atom. The molecular weight excluding hydrogens is 569 g/mol. The smallest absolute Gasteiger partial charge is 0.471 e. The number of methoxy groups -OCH3 is 2. The van der Waals surface area contributed by atoms with Crippen molar-refractivity contribution in [2.24, 2.45) is 0 Å². The Hall–Kier alpha value is -4.44. The molecule has 4 aromatic rings. The van der Waals surface area contributed by atoms with Crippen LogP contribution in [0, 0.1) is 0 Å². The van der Waals surface area contributed by atoms with Crippen molar-refractivity contribution in [3.63, 3.8) is 0 Å². The average Bonchev–Trinajstić information content (AvgIpc) is 3.57. The molecule has 0 aliphatic carbocycles. The second-order valence-electron chi connectivity index (χ2n) is 8.77. The van der Waals surface area contributed by atoms with Crippen molar-refractivity contribution in [2.45, 2.75) is 17.5 Å². The van der Waals surface area contributed by atoms with E-state index in [1.807, 2.05) is 0 Å². The van der Waals surface area contributed by atoms with Crippen molar-refractivity contribution in [1.29, 1.82) is 0 Å². The van der Waals surface area contributed by atoms with Gasteiger partial charge in [-0.05, 0) is 48.4 Å². The van der Waals surface area contributed by atoms with Gasteiger partial charge < -0.3 is 19.1 Å². The van der Waals surface area contributed by atoms with Crippen molar-refractivity contribution < 1.29 is 40.6 Å². The van der Waals surface area contributed by atoms with Crippen LogP contribution in [0.5, 0.6) is 17.4 Å². The molecule has 2 aromatic carbocycles. The van der Waals surface area contributed by atoms with Crippen LogP contribution >= 0.6 is 0 Å². The lowest BCUT2D eigenvalue weighted by atomic mass is 10.2. The van der Waals surface area contributed by atoms with Gasteiger partial charge in [0.25, 0.3) is 0 Å². The molecule has 16 heteroatoms. The molecule has 0 unspecified atom stereocenters. The molecule has 41 heavy (non-hydrogen) atoms. The maximum atomic E-state index is 12.8. The Morgan fingerprint density at radius 3 is 2.59 bits per heavy atom. The summed E-state index contributed by atoms with van der Waals surface area (Å²) in [7, 11) is -0.961. The van der Waals surface area contributed by atoms with Crippen LogP contribution in [0.15, 0.2) is 53.4 Å². The maximum absolute atomic E-state index is 12.8. The third-order valence-corrected chi connectivity index (χ3v) is 7.74. The van der Waals surface area contributed by atoms with Crippen LogP contribution in [-0.2, 0) is 21.2 Å². The molecule has 3 heterocycles. The molecule has 2 aromatic heterocycles. The number of anilines is 1. The average molecular weight is 593 g/mol. The molecule has 0 bridgehead atoms. The number of nitrogens with zero attached hydrogens (tertiary/aromatic N) is 5. The molecule has 0 atom stereocenters. The van der Waals surface area contributed by atoms with E-state index >= 15 is 0 Å². The zero-order valence-electron chi connectivity index (χ0n) is 21.7. The van der Waals surface area contributed by atoms with E-state index in [2.05, 4.69) is 20.0 Å². The summed E-state index contributed by atoms with van der Waals surface area (Å²) >= 11 is 0. The standard InChI is InChI=1S/C25H23F3N6O6S/c1-38-16-3-5-18(20(14-16)39-2)23-31-30-21-7-8-22(32-34(21)23)40-12-10-29-41(36,37)17-4-6-19-15(13-17)9-11-33(19)24(35)25(26,27)28/h3-8,13-14,29H,9-12H2,1-2H3. The van der Waals surface area contributed by atoms with E-state index in [4.69, 9.17) is 14.2 Å². The zero-order valence-corrected chi connectivity index (χ0v) is 22.5. The minimum atomic E-state index is -5.02. The first-order chi connectivity index (χ1) is 19.5. The molecule has 1 N–H and O–H groups in total. The van der Waals surface area contributed by atoms with Gasteiger partial charge >= 0.3 is 12.1 Å². The number of aromatic nitrogens is 4. The predicted octanol–water partition coefficient (Wildman–Crippen LogP) is 2.62. The Labute approximate surface area is 231 Å². The van der Waals surface area contributed by atoms with Gasteiger partial charge in [-0.15, -0.1) is 15.3 Å². The first kappa shape index (κ1) is 28.1. The lowest BCUT2D eigenvalue weighted by Crippen LogP contribution is -2.40. The minimum Gasteiger partial charge on any atom is -0.497 e. The van der Waals surface area contributed by atoms with Crippen molar-refractivity contribution >= 4 is 27.3 Å². The van der Waals surface area contributed by atoms with Crippen molar-refractivity contribution in [2.75, 3.05) is 38.8 Å². The number of carbonyl (C=O) groups is 1. The second-order valence-corrected chi connectivity index (χ2v) is 10.5. The summed E-state index contributed by atoms with van der Waals surface area (Å²) in [6.45, 7) is -0.395. The molecule has 1 aliphatic heterocycles. The summed E-state index contributed by atoms with van der Waals surface area (Å²) in [5, 5.41) is 12.7. The molecule has 5 rings (SSSR count). The molecule has 0 spiro atoms. The highest BCUT2D eigenvalue weighted by Gasteiger charge is 2.44. The Morgan fingerprint density at radius 2 is 1.85 bits per heavy atom. The molecule has 0 radical (unpaired) electrons. The van der Waals surface area contributed by atoms with E-state index in [1.54, 1.807) is 30.3 Å². The lowest BCUT2D eigenvalue weighted by Gasteiger charge is -2.19. The number of amides is 1. The van der Waals surface area contributed by atoms with Crippen molar-refractivity contribution in [1.82, 2.24) is 24.5 Å². The number of nitrogens with one attached hydrogen (secondary N) is 1. The summed E-state index contributed by atoms with van der Waals surface area (Å²) in [4.78, 5) is 12.1. The number of sulfonamides is 1. The number of halogens is 3. The summed E-state index contributed by atoms with van der Waals surface area (Å²) in [5.41, 5.74) is 1.42. The number of alkyl halides is 3. The molecular formula is C25H23F3N6O6S. The van der Waals surface area contributed by atoms with Crippen molar-refractivity contribution in [3.05, 3.63) is 54.1 Å². The monoisotopic (exact) mass is 592 g/mol. The quantitative estimate of drug-likeness (QED) is 0.291. The first-order valence-corrected chi connectivity index (χ1v) is 13.6. The van der Waals surface area contributed by atoms with Gasteiger partial charge in [0, 0.05) is 30.9 Å². The highest BCUT2D eigenvalue weighted by Crippen LogP contribution is 2.34. The maximum Gasteiger partial charge on any atom is 0.471 e. The summed E-state index contributed by atoms with van der Waals surface area (Å²) in [5.74, 6) is -0.338. The SMILES string of the molecule is COc1ccc(-c2nnc3ccc(OCCNS(=O)(=O)c4ccc5c(c4)CCN5C(=O)C(F)(F)F)nn23)c(OC)c1. The number of ether oxygens (including phenoxy) is 3. The lowest BCUT2D eigenvalue weighted by molar-refractivity contribution is -0.170. The number of rotatable bonds is 9. The van der Waals surface area contributed by atoms with Gasteiger partial charge in [0.15, 0.2) is 11.5 Å². The van der Waals surface area contributed by atoms with Crippen LogP contribution in [0.2, 0.25) is 0 Å². The first-order valence-electron chi connectivity index (χ1n) is 12.1. The zero-order chi connectivity index (χ0) is 29.4. The van der Waals surface area contributed by atoms with Gasteiger partial charge in [-0.2, -0.15) is 17.7 Å². The predicted molar refractivity (Wildman–Crippen MR) is 139 cm³/mol. The van der Waals surface area contributed by atoms with Crippen LogP contribution in [0.3, 0.4) is 0 Å². The van der Waals surface area contributed by atoms with E-state index in [1.165, 1.54) is 30.9 Å². The third kappa shape index (κ3) is 5.60.